The van der Waals surface area contributed by atoms with Crippen molar-refractivity contribution in [1.82, 2.24) is 9.80 Å². The Labute approximate surface area is 163 Å². The Kier molecular flexibility index (Phi) is 5.14. The maximum atomic E-state index is 12.7. The molecule has 140 valence electrons. The average molecular weight is 384 g/mol. The molecule has 2 amide bonds. The molecule has 0 spiro atoms. The van der Waals surface area contributed by atoms with Crippen LogP contribution in [-0.4, -0.2) is 53.8 Å². The van der Waals surface area contributed by atoms with Crippen molar-refractivity contribution in [2.24, 2.45) is 0 Å². The van der Waals surface area contributed by atoms with E-state index in [9.17, 15) is 9.59 Å². The first-order chi connectivity index (χ1) is 13.1. The van der Waals surface area contributed by atoms with E-state index < -0.39 is 0 Å². The third-order valence-electron chi connectivity index (χ3n) is 5.40. The number of hydrogen-bond donors (Lipinski definition) is 1. The van der Waals surface area contributed by atoms with Crippen LogP contribution in [0.1, 0.15) is 22.3 Å². The number of hydrogen-bond acceptors (Lipinski definition) is 3. The molecular formula is C21H22ClN3O2. The fraction of sp³-hybridized carbons (Fsp3) is 0.333. The number of rotatable bonds is 2. The molecule has 2 aromatic carbocycles. The summed E-state index contributed by atoms with van der Waals surface area (Å²) in [5.74, 6) is 0.0708. The van der Waals surface area contributed by atoms with Gasteiger partial charge >= 0.3 is 0 Å². The highest BCUT2D eigenvalue weighted by molar-refractivity contribution is 6.30. The lowest BCUT2D eigenvalue weighted by atomic mass is 10.0. The van der Waals surface area contributed by atoms with Crippen LogP contribution < -0.4 is 5.32 Å². The van der Waals surface area contributed by atoms with Crippen molar-refractivity contribution in [1.29, 1.82) is 0 Å². The molecule has 1 unspecified atom stereocenters. The summed E-state index contributed by atoms with van der Waals surface area (Å²) in [5.41, 5.74) is 2.75. The maximum Gasteiger partial charge on any atom is 0.253 e. The molecule has 5 nitrogen and oxygen atoms in total. The van der Waals surface area contributed by atoms with E-state index in [-0.39, 0.29) is 17.9 Å². The van der Waals surface area contributed by atoms with Crippen LogP contribution in [0.3, 0.4) is 0 Å². The van der Waals surface area contributed by atoms with Gasteiger partial charge in [-0.3, -0.25) is 14.5 Å². The van der Waals surface area contributed by atoms with Gasteiger partial charge in [0.05, 0.1) is 6.04 Å². The Morgan fingerprint density at radius 3 is 2.44 bits per heavy atom. The standard InChI is InChI=1S/C21H22ClN3O2/c22-17-8-5-16(6-9-17)21(27)25-13-11-24(12-14-25)19-10-7-15-3-1-2-4-18(15)23-20(19)26/h1-6,8-9,19H,7,10-14H2,(H,23,26). The summed E-state index contributed by atoms with van der Waals surface area (Å²) in [6.07, 6.45) is 1.68. The number of nitrogens with one attached hydrogen (secondary N) is 1. The highest BCUT2D eigenvalue weighted by atomic mass is 35.5. The Morgan fingerprint density at radius 2 is 1.70 bits per heavy atom. The van der Waals surface area contributed by atoms with E-state index in [1.54, 1.807) is 24.3 Å². The minimum atomic E-state index is -0.148. The Morgan fingerprint density at radius 1 is 1.00 bits per heavy atom. The molecule has 0 aliphatic carbocycles. The summed E-state index contributed by atoms with van der Waals surface area (Å²) in [5, 5.41) is 3.68. The van der Waals surface area contributed by atoms with E-state index in [1.165, 1.54) is 5.56 Å². The fourth-order valence-corrected chi connectivity index (χ4v) is 3.99. The first-order valence-electron chi connectivity index (χ1n) is 9.29. The summed E-state index contributed by atoms with van der Waals surface area (Å²) < 4.78 is 0. The molecule has 6 heteroatoms. The second kappa shape index (κ2) is 7.71. The van der Waals surface area contributed by atoms with Gasteiger partial charge in [-0.15, -0.1) is 0 Å². The normalized spacial score (nSPS) is 20.6. The summed E-state index contributed by atoms with van der Waals surface area (Å²) in [6, 6.07) is 14.8. The van der Waals surface area contributed by atoms with Gasteiger partial charge in [0.2, 0.25) is 5.91 Å². The quantitative estimate of drug-likeness (QED) is 0.867. The van der Waals surface area contributed by atoms with Crippen molar-refractivity contribution in [2.75, 3.05) is 31.5 Å². The van der Waals surface area contributed by atoms with Crippen LogP contribution >= 0.6 is 11.6 Å². The van der Waals surface area contributed by atoms with Crippen LogP contribution in [0.15, 0.2) is 48.5 Å². The molecule has 1 saturated heterocycles. The fourth-order valence-electron chi connectivity index (χ4n) is 3.86. The number of amides is 2. The number of para-hydroxylation sites is 1. The number of nitrogens with zero attached hydrogens (tertiary/aromatic N) is 2. The molecule has 2 aliphatic heterocycles. The molecule has 2 aliphatic rings. The second-order valence-electron chi connectivity index (χ2n) is 7.04. The topological polar surface area (TPSA) is 52.7 Å². The van der Waals surface area contributed by atoms with Crippen LogP contribution in [0, 0.1) is 0 Å². The molecule has 27 heavy (non-hydrogen) atoms. The highest BCUT2D eigenvalue weighted by Gasteiger charge is 2.32. The second-order valence-corrected chi connectivity index (χ2v) is 7.47. The zero-order chi connectivity index (χ0) is 18.8. The van der Waals surface area contributed by atoms with Gasteiger partial charge in [-0.05, 0) is 48.7 Å². The van der Waals surface area contributed by atoms with Crippen molar-refractivity contribution in [3.63, 3.8) is 0 Å². The number of piperazine rings is 1. The number of benzene rings is 2. The van der Waals surface area contributed by atoms with Gasteiger partial charge in [-0.25, -0.2) is 0 Å². The predicted octanol–water partition coefficient (Wildman–Crippen LogP) is 3.05. The van der Waals surface area contributed by atoms with E-state index >= 15 is 0 Å². The molecule has 4 rings (SSSR count). The third-order valence-corrected chi connectivity index (χ3v) is 5.65. The van der Waals surface area contributed by atoms with Gasteiger partial charge in [-0.1, -0.05) is 29.8 Å². The zero-order valence-electron chi connectivity index (χ0n) is 15.0. The molecule has 1 fully saturated rings. The first kappa shape index (κ1) is 18.0. The van der Waals surface area contributed by atoms with E-state index in [1.807, 2.05) is 23.1 Å². The van der Waals surface area contributed by atoms with E-state index in [2.05, 4.69) is 16.3 Å². The largest absolute Gasteiger partial charge is 0.336 e. The van der Waals surface area contributed by atoms with Gasteiger partial charge in [0.15, 0.2) is 0 Å². The lowest BCUT2D eigenvalue weighted by Crippen LogP contribution is -2.54. The minimum absolute atomic E-state index is 0.0176. The van der Waals surface area contributed by atoms with Gasteiger partial charge in [0, 0.05) is 42.5 Å². The number of aryl methyl sites for hydroxylation is 1. The smallest absolute Gasteiger partial charge is 0.253 e. The van der Waals surface area contributed by atoms with Gasteiger partial charge in [0.1, 0.15) is 0 Å². The van der Waals surface area contributed by atoms with Crippen LogP contribution in [0.5, 0.6) is 0 Å². The van der Waals surface area contributed by atoms with Crippen molar-refractivity contribution in [3.8, 4) is 0 Å². The molecule has 0 aromatic heterocycles. The Balaban J connectivity index is 1.38. The van der Waals surface area contributed by atoms with Crippen LogP contribution in [0.4, 0.5) is 5.69 Å². The van der Waals surface area contributed by atoms with Crippen molar-refractivity contribution < 1.29 is 9.59 Å². The zero-order valence-corrected chi connectivity index (χ0v) is 15.8. The van der Waals surface area contributed by atoms with Crippen LogP contribution in [-0.2, 0) is 11.2 Å². The maximum absolute atomic E-state index is 12.7. The summed E-state index contributed by atoms with van der Waals surface area (Å²) >= 11 is 5.90. The van der Waals surface area contributed by atoms with Crippen LogP contribution in [0.25, 0.3) is 0 Å². The third kappa shape index (κ3) is 3.84. The van der Waals surface area contributed by atoms with Crippen molar-refractivity contribution in [3.05, 3.63) is 64.7 Å². The number of anilines is 1. The number of carbonyl (C=O) groups excluding carboxylic acids is 2. The monoisotopic (exact) mass is 383 g/mol. The van der Waals surface area contributed by atoms with E-state index in [0.717, 1.165) is 18.5 Å². The molecule has 2 heterocycles. The lowest BCUT2D eigenvalue weighted by Gasteiger charge is -2.38. The number of halogens is 1. The van der Waals surface area contributed by atoms with Crippen molar-refractivity contribution in [2.45, 2.75) is 18.9 Å². The SMILES string of the molecule is O=C1Nc2ccccc2CCC1N1CCN(C(=O)c2ccc(Cl)cc2)CC1. The first-order valence-corrected chi connectivity index (χ1v) is 9.67. The van der Waals surface area contributed by atoms with Crippen molar-refractivity contribution >= 4 is 29.1 Å². The predicted molar refractivity (Wildman–Crippen MR) is 106 cm³/mol. The summed E-state index contributed by atoms with van der Waals surface area (Å²) in [7, 11) is 0. The van der Waals surface area contributed by atoms with Gasteiger partial charge in [-0.2, -0.15) is 0 Å². The molecule has 1 N–H and O–H groups in total. The molecule has 0 radical (unpaired) electrons. The van der Waals surface area contributed by atoms with Gasteiger partial charge < -0.3 is 10.2 Å². The molecular weight excluding hydrogens is 362 g/mol. The number of fused-ring (bicyclic) bond motifs is 1. The molecule has 2 aromatic rings. The molecule has 1 atom stereocenters. The van der Waals surface area contributed by atoms with Gasteiger partial charge in [0.25, 0.3) is 5.91 Å². The summed E-state index contributed by atoms with van der Waals surface area (Å²) in [6.45, 7) is 2.65. The minimum Gasteiger partial charge on any atom is -0.336 e. The summed E-state index contributed by atoms with van der Waals surface area (Å²) in [4.78, 5) is 29.4. The Bertz CT molecular complexity index is 845. The molecule has 0 bridgehead atoms. The lowest BCUT2D eigenvalue weighted by molar-refractivity contribution is -0.122. The Hall–Kier alpha value is -2.37. The highest BCUT2D eigenvalue weighted by Crippen LogP contribution is 2.24. The van der Waals surface area contributed by atoms with E-state index in [4.69, 9.17) is 11.6 Å². The average Bonchev–Trinajstić information content (AvgIpc) is 2.86. The van der Waals surface area contributed by atoms with Crippen LogP contribution in [0.2, 0.25) is 5.02 Å². The van der Waals surface area contributed by atoms with E-state index in [0.29, 0.717) is 36.8 Å². The molecule has 0 saturated carbocycles. The number of carbonyl (C=O) groups is 2.